The second-order valence-corrected chi connectivity index (χ2v) is 12.3. The average molecular weight is 642 g/mol. The lowest BCUT2D eigenvalue weighted by Gasteiger charge is -2.38. The fourth-order valence-corrected chi connectivity index (χ4v) is 5.76. The fraction of sp³-hybridized carbons (Fsp3) is 0.281. The van der Waals surface area contributed by atoms with Crippen molar-refractivity contribution in [3.63, 3.8) is 0 Å². The number of nitrogens with one attached hydrogen (secondary N) is 1. The molecule has 8 rings (SSSR count). The van der Waals surface area contributed by atoms with Crippen molar-refractivity contribution in [2.24, 2.45) is 11.8 Å². The first-order valence-corrected chi connectivity index (χ1v) is 15.5. The Morgan fingerprint density at radius 2 is 1.24 bits per heavy atom. The fourth-order valence-electron chi connectivity index (χ4n) is 5.45. The summed E-state index contributed by atoms with van der Waals surface area (Å²) < 4.78 is 3.92. The number of hydrogen-bond acceptors (Lipinski definition) is 8. The minimum atomic E-state index is 0.140. The summed E-state index contributed by atoms with van der Waals surface area (Å²) in [5.41, 5.74) is 7.25. The van der Waals surface area contributed by atoms with E-state index in [0.717, 1.165) is 83.6 Å². The molecule has 6 aromatic rings. The van der Waals surface area contributed by atoms with Gasteiger partial charge in [0.05, 0.1) is 34.5 Å². The first kappa shape index (κ1) is 29.3. The summed E-state index contributed by atoms with van der Waals surface area (Å²) in [6.07, 6.45) is 11.4. The Kier molecular flexibility index (Phi) is 8.14. The summed E-state index contributed by atoms with van der Waals surface area (Å²) in [6, 6.07) is 11.2. The van der Waals surface area contributed by atoms with E-state index in [4.69, 9.17) is 23.2 Å². The summed E-state index contributed by atoms with van der Waals surface area (Å²) in [6.45, 7) is 7.15. The lowest BCUT2D eigenvalue weighted by atomic mass is 10.0. The summed E-state index contributed by atoms with van der Waals surface area (Å²) in [4.78, 5) is 30.5. The van der Waals surface area contributed by atoms with Crippen LogP contribution in [0.5, 0.6) is 0 Å². The predicted molar refractivity (Wildman–Crippen MR) is 174 cm³/mol. The topological polar surface area (TPSA) is 120 Å². The van der Waals surface area contributed by atoms with E-state index in [1.54, 1.807) is 19.1 Å². The lowest BCUT2D eigenvalue weighted by molar-refractivity contribution is -0.135. The number of carbonyl (C=O) groups excluding carboxylic acids is 1. The highest BCUT2D eigenvalue weighted by Gasteiger charge is 2.28. The maximum Gasteiger partial charge on any atom is 0.219 e. The van der Waals surface area contributed by atoms with Gasteiger partial charge in [-0.15, -0.1) is 0 Å². The van der Waals surface area contributed by atoms with Gasteiger partial charge in [0.15, 0.2) is 0 Å². The molecule has 2 fully saturated rings. The highest BCUT2D eigenvalue weighted by atomic mass is 35.5. The molecular formula is C32H30Cl2N10O. The van der Waals surface area contributed by atoms with Crippen LogP contribution < -0.4 is 5.32 Å². The zero-order valence-corrected chi connectivity index (χ0v) is 26.0. The van der Waals surface area contributed by atoms with Crippen LogP contribution in [0.1, 0.15) is 6.92 Å². The molecule has 0 aromatic carbocycles. The maximum atomic E-state index is 11.2. The number of fused-ring (bicyclic) bond motifs is 2. The number of pyridine rings is 4. The average Bonchev–Trinajstić information content (AvgIpc) is 3.66. The second kappa shape index (κ2) is 12.5. The van der Waals surface area contributed by atoms with Crippen LogP contribution in [0.15, 0.2) is 73.6 Å². The van der Waals surface area contributed by atoms with Gasteiger partial charge in [-0.05, 0) is 36.4 Å². The molecule has 0 bridgehead atoms. The van der Waals surface area contributed by atoms with Crippen molar-refractivity contribution < 1.29 is 4.79 Å². The van der Waals surface area contributed by atoms with Crippen LogP contribution in [0.25, 0.3) is 44.3 Å². The molecule has 6 aromatic heterocycles. The van der Waals surface area contributed by atoms with E-state index in [2.05, 4.69) is 41.6 Å². The monoisotopic (exact) mass is 640 g/mol. The number of likely N-dealkylation sites (tertiary alicyclic amines) is 1. The molecule has 0 unspecified atom stereocenters. The third-order valence-electron chi connectivity index (χ3n) is 8.10. The SMILES string of the molecule is CC(=O)N1CC(Cn2cc(-c3cnc4ccc(Cl)nc4c3)cn2)C1.Clc1ccc2ncc(-c3cnn(CC4CNC4)c3)cc2n1. The first-order chi connectivity index (χ1) is 21.9. The van der Waals surface area contributed by atoms with Gasteiger partial charge in [-0.1, -0.05) is 23.2 Å². The molecule has 11 nitrogen and oxygen atoms in total. The molecular weight excluding hydrogens is 611 g/mol. The molecule has 2 saturated heterocycles. The van der Waals surface area contributed by atoms with Crippen molar-refractivity contribution in [2.75, 3.05) is 26.2 Å². The van der Waals surface area contributed by atoms with E-state index in [1.165, 1.54) is 0 Å². The minimum Gasteiger partial charge on any atom is -0.342 e. The van der Waals surface area contributed by atoms with Crippen molar-refractivity contribution in [2.45, 2.75) is 20.0 Å². The molecule has 45 heavy (non-hydrogen) atoms. The molecule has 2 aliphatic heterocycles. The van der Waals surface area contributed by atoms with E-state index in [9.17, 15) is 4.79 Å². The third-order valence-corrected chi connectivity index (χ3v) is 8.52. The number of hydrogen-bond donors (Lipinski definition) is 1. The summed E-state index contributed by atoms with van der Waals surface area (Å²) in [7, 11) is 0. The van der Waals surface area contributed by atoms with E-state index in [0.29, 0.717) is 22.1 Å². The van der Waals surface area contributed by atoms with Crippen LogP contribution in [-0.4, -0.2) is 76.5 Å². The molecule has 2 aliphatic rings. The van der Waals surface area contributed by atoms with Crippen molar-refractivity contribution in [3.05, 3.63) is 83.9 Å². The Labute approximate surface area is 269 Å². The highest BCUT2D eigenvalue weighted by molar-refractivity contribution is 6.30. The van der Waals surface area contributed by atoms with Gasteiger partial charge >= 0.3 is 0 Å². The molecule has 1 N–H and O–H groups in total. The van der Waals surface area contributed by atoms with Gasteiger partial charge in [0, 0.05) is 105 Å². The Balaban J connectivity index is 0.000000146. The van der Waals surface area contributed by atoms with E-state index in [-0.39, 0.29) is 5.91 Å². The van der Waals surface area contributed by atoms with E-state index < -0.39 is 0 Å². The number of aromatic nitrogens is 8. The number of halogens is 2. The molecule has 0 aliphatic carbocycles. The zero-order chi connectivity index (χ0) is 30.9. The van der Waals surface area contributed by atoms with Gasteiger partial charge in [-0.2, -0.15) is 10.2 Å². The van der Waals surface area contributed by atoms with Crippen molar-refractivity contribution in [1.29, 1.82) is 0 Å². The number of rotatable bonds is 6. The Bertz CT molecular complexity index is 2000. The van der Waals surface area contributed by atoms with Crippen LogP contribution in [0.4, 0.5) is 0 Å². The molecule has 0 atom stereocenters. The van der Waals surface area contributed by atoms with E-state index >= 15 is 0 Å². The molecule has 0 saturated carbocycles. The minimum absolute atomic E-state index is 0.140. The van der Waals surface area contributed by atoms with Gasteiger partial charge in [-0.3, -0.25) is 24.1 Å². The summed E-state index contributed by atoms with van der Waals surface area (Å²) in [5.74, 6) is 1.30. The molecule has 0 radical (unpaired) electrons. The Morgan fingerprint density at radius 3 is 1.71 bits per heavy atom. The highest BCUT2D eigenvalue weighted by Crippen LogP contribution is 2.25. The number of amides is 1. The van der Waals surface area contributed by atoms with Gasteiger partial charge in [-0.25, -0.2) is 9.97 Å². The van der Waals surface area contributed by atoms with Gasteiger partial charge in [0.25, 0.3) is 0 Å². The third kappa shape index (κ3) is 6.65. The predicted octanol–water partition coefficient (Wildman–Crippen LogP) is 4.99. The van der Waals surface area contributed by atoms with Crippen molar-refractivity contribution in [1.82, 2.24) is 49.7 Å². The molecule has 13 heteroatoms. The van der Waals surface area contributed by atoms with Crippen LogP contribution in [-0.2, 0) is 17.9 Å². The van der Waals surface area contributed by atoms with Crippen LogP contribution in [0.3, 0.4) is 0 Å². The Hall–Kier alpha value is -4.45. The molecule has 1 amide bonds. The van der Waals surface area contributed by atoms with Crippen LogP contribution in [0.2, 0.25) is 10.3 Å². The van der Waals surface area contributed by atoms with E-state index in [1.807, 2.05) is 69.5 Å². The van der Waals surface area contributed by atoms with Gasteiger partial charge in [0.1, 0.15) is 10.3 Å². The van der Waals surface area contributed by atoms with Gasteiger partial charge in [0.2, 0.25) is 5.91 Å². The smallest absolute Gasteiger partial charge is 0.219 e. The first-order valence-electron chi connectivity index (χ1n) is 14.7. The van der Waals surface area contributed by atoms with Crippen LogP contribution >= 0.6 is 23.2 Å². The lowest BCUT2D eigenvalue weighted by Crippen LogP contribution is -2.50. The number of nitrogens with zero attached hydrogens (tertiary/aromatic N) is 9. The molecule has 228 valence electrons. The zero-order valence-electron chi connectivity index (χ0n) is 24.5. The Morgan fingerprint density at radius 1 is 0.733 bits per heavy atom. The second-order valence-electron chi connectivity index (χ2n) is 11.5. The normalized spacial score (nSPS) is 15.0. The van der Waals surface area contributed by atoms with Crippen molar-refractivity contribution >= 4 is 51.2 Å². The summed E-state index contributed by atoms with van der Waals surface area (Å²) >= 11 is 11.9. The standard InChI is InChI=1S/C17H16ClN5O.C15H14ClN5/c1-11(24)22-7-12(8-22)9-23-10-14(6-20-23)13-4-16-15(19-5-13)2-3-17(18)21-16;16-15-2-1-13-14(20-15)3-11(6-18-13)12-7-19-21(9-12)8-10-4-17-5-10/h2-6,10,12H,7-9H2,1H3;1-3,6-7,9-10,17H,4-5,8H2. The largest absolute Gasteiger partial charge is 0.342 e. The quantitative estimate of drug-likeness (QED) is 0.253. The van der Waals surface area contributed by atoms with Gasteiger partial charge < -0.3 is 10.2 Å². The molecule has 8 heterocycles. The molecule has 0 spiro atoms. The summed E-state index contributed by atoms with van der Waals surface area (Å²) in [5, 5.41) is 13.1. The van der Waals surface area contributed by atoms with Crippen LogP contribution in [0, 0.1) is 11.8 Å². The van der Waals surface area contributed by atoms with Crippen molar-refractivity contribution in [3.8, 4) is 22.3 Å². The number of carbonyl (C=O) groups is 1. The maximum absolute atomic E-state index is 11.2.